The molecule has 0 spiro atoms. The molecule has 0 amide bonds. The summed E-state index contributed by atoms with van der Waals surface area (Å²) in [5.41, 5.74) is 0.147. The van der Waals surface area contributed by atoms with Crippen molar-refractivity contribution < 1.29 is 14.9 Å². The fourth-order valence-corrected chi connectivity index (χ4v) is 2.99. The highest BCUT2D eigenvalue weighted by molar-refractivity contribution is 6.45. The van der Waals surface area contributed by atoms with Crippen LogP contribution in [0.15, 0.2) is 0 Å². The number of hydrogen-bond acceptors (Lipinski definition) is 3. The number of aliphatic carboxylic acids is 1. The van der Waals surface area contributed by atoms with Gasteiger partial charge in [-0.05, 0) is 30.6 Å². The van der Waals surface area contributed by atoms with Crippen molar-refractivity contribution in [3.63, 3.8) is 0 Å². The average molecular weight is 197 g/mol. The minimum Gasteiger partial charge on any atom is -0.480 e. The summed E-state index contributed by atoms with van der Waals surface area (Å²) in [6.45, 7) is 6.56. The van der Waals surface area contributed by atoms with Gasteiger partial charge in [0.2, 0.25) is 0 Å². The standard InChI is InChI=1S/C9H16BNO3/c1-9(2)5-4-11(10(3)14)7(6(5)9)8(12)13/h5-7,14H,4H2,1-3H3,(H,12,13)/t5-,6-,7-/m0/s1. The molecular formula is C9H16BNO3. The van der Waals surface area contributed by atoms with Crippen LogP contribution in [0.5, 0.6) is 0 Å². The Bertz CT molecular complexity index is 277. The number of piperidine rings is 1. The van der Waals surface area contributed by atoms with Crippen molar-refractivity contribution in [1.29, 1.82) is 0 Å². The Morgan fingerprint density at radius 2 is 2.14 bits per heavy atom. The van der Waals surface area contributed by atoms with Crippen LogP contribution < -0.4 is 0 Å². The zero-order chi connectivity index (χ0) is 10.7. The van der Waals surface area contributed by atoms with Gasteiger partial charge in [-0.2, -0.15) is 0 Å². The van der Waals surface area contributed by atoms with Crippen LogP contribution in [0.4, 0.5) is 0 Å². The molecule has 1 aliphatic heterocycles. The van der Waals surface area contributed by atoms with Crippen LogP contribution in [0.25, 0.3) is 0 Å². The van der Waals surface area contributed by atoms with Gasteiger partial charge in [-0.1, -0.05) is 13.8 Å². The van der Waals surface area contributed by atoms with E-state index in [1.165, 1.54) is 0 Å². The highest BCUT2D eigenvalue weighted by atomic mass is 16.4. The molecule has 14 heavy (non-hydrogen) atoms. The van der Waals surface area contributed by atoms with E-state index in [1.807, 2.05) is 0 Å². The molecule has 78 valence electrons. The molecule has 0 aromatic carbocycles. The first-order chi connectivity index (χ1) is 6.37. The molecule has 1 saturated carbocycles. The summed E-state index contributed by atoms with van der Waals surface area (Å²) in [7, 11) is -0.653. The summed E-state index contributed by atoms with van der Waals surface area (Å²) in [6.07, 6.45) is 0. The van der Waals surface area contributed by atoms with Gasteiger partial charge in [-0.25, -0.2) is 0 Å². The average Bonchev–Trinajstić information content (AvgIpc) is 2.47. The molecule has 0 bridgehead atoms. The van der Waals surface area contributed by atoms with Gasteiger partial charge < -0.3 is 14.9 Å². The molecule has 2 fully saturated rings. The molecule has 1 heterocycles. The summed E-state index contributed by atoms with van der Waals surface area (Å²) >= 11 is 0. The number of carboxylic acids is 1. The van der Waals surface area contributed by atoms with Gasteiger partial charge in [0, 0.05) is 0 Å². The molecule has 1 aliphatic carbocycles. The van der Waals surface area contributed by atoms with E-state index in [0.717, 1.165) is 0 Å². The second-order valence-electron chi connectivity index (χ2n) is 5.07. The Kier molecular flexibility index (Phi) is 1.95. The van der Waals surface area contributed by atoms with Crippen molar-refractivity contribution in [3.05, 3.63) is 0 Å². The lowest BCUT2D eigenvalue weighted by Crippen LogP contribution is -2.48. The molecule has 1 saturated heterocycles. The normalized spacial score (nSPS) is 39.3. The second kappa shape index (κ2) is 2.73. The molecule has 0 radical (unpaired) electrons. The van der Waals surface area contributed by atoms with E-state index >= 15 is 0 Å². The highest BCUT2D eigenvalue weighted by Crippen LogP contribution is 2.64. The van der Waals surface area contributed by atoms with Gasteiger partial charge >= 0.3 is 13.0 Å². The quantitative estimate of drug-likeness (QED) is 0.618. The van der Waals surface area contributed by atoms with Gasteiger partial charge in [0.05, 0.1) is 0 Å². The van der Waals surface area contributed by atoms with Gasteiger partial charge in [0.25, 0.3) is 0 Å². The van der Waals surface area contributed by atoms with Crippen LogP contribution in [0.3, 0.4) is 0 Å². The largest absolute Gasteiger partial charge is 0.480 e. The second-order valence-corrected chi connectivity index (χ2v) is 5.07. The number of rotatable bonds is 2. The van der Waals surface area contributed by atoms with E-state index in [1.54, 1.807) is 11.6 Å². The molecule has 2 N–H and O–H groups in total. The Morgan fingerprint density at radius 1 is 1.57 bits per heavy atom. The maximum atomic E-state index is 11.1. The summed E-state index contributed by atoms with van der Waals surface area (Å²) in [5.74, 6) is -0.142. The van der Waals surface area contributed by atoms with E-state index in [4.69, 9.17) is 5.11 Å². The lowest BCUT2D eigenvalue weighted by Gasteiger charge is -2.28. The first-order valence-corrected chi connectivity index (χ1v) is 5.04. The lowest BCUT2D eigenvalue weighted by molar-refractivity contribution is -0.142. The predicted molar refractivity (Wildman–Crippen MR) is 52.7 cm³/mol. The van der Waals surface area contributed by atoms with E-state index in [0.29, 0.717) is 12.5 Å². The van der Waals surface area contributed by atoms with Crippen molar-refractivity contribution in [3.8, 4) is 0 Å². The summed E-state index contributed by atoms with van der Waals surface area (Å²) < 4.78 is 0. The molecule has 2 rings (SSSR count). The molecular weight excluding hydrogens is 181 g/mol. The van der Waals surface area contributed by atoms with Crippen LogP contribution in [-0.2, 0) is 4.79 Å². The van der Waals surface area contributed by atoms with Crippen molar-refractivity contribution in [2.45, 2.75) is 26.7 Å². The van der Waals surface area contributed by atoms with Gasteiger partial charge in [-0.3, -0.25) is 4.79 Å². The number of carboxylic acid groups (broad SMARTS) is 1. The monoisotopic (exact) mass is 197 g/mol. The molecule has 4 nitrogen and oxygen atoms in total. The fourth-order valence-electron chi connectivity index (χ4n) is 2.99. The number of fused-ring (bicyclic) bond motifs is 1. The van der Waals surface area contributed by atoms with Crippen LogP contribution in [-0.4, -0.2) is 40.5 Å². The van der Waals surface area contributed by atoms with Crippen molar-refractivity contribution in [2.24, 2.45) is 17.3 Å². The molecule has 3 atom stereocenters. The van der Waals surface area contributed by atoms with Crippen molar-refractivity contribution in [1.82, 2.24) is 4.81 Å². The van der Waals surface area contributed by atoms with Crippen LogP contribution in [0.1, 0.15) is 13.8 Å². The van der Waals surface area contributed by atoms with Crippen molar-refractivity contribution >= 4 is 13.0 Å². The smallest absolute Gasteiger partial charge is 0.377 e. The molecule has 0 aromatic rings. The number of nitrogens with zero attached hydrogens (tertiary/aromatic N) is 1. The van der Waals surface area contributed by atoms with Gasteiger partial charge in [0.15, 0.2) is 0 Å². The first kappa shape index (κ1) is 9.99. The third kappa shape index (κ3) is 1.12. The third-order valence-corrected chi connectivity index (χ3v) is 3.98. The molecule has 5 heteroatoms. The minimum atomic E-state index is -0.802. The van der Waals surface area contributed by atoms with Crippen molar-refractivity contribution in [2.75, 3.05) is 6.54 Å². The van der Waals surface area contributed by atoms with E-state index in [9.17, 15) is 9.82 Å². The predicted octanol–water partition coefficient (Wildman–Crippen LogP) is 0.138. The fraction of sp³-hybridized carbons (Fsp3) is 0.889. The minimum absolute atomic E-state index is 0.147. The zero-order valence-corrected chi connectivity index (χ0v) is 8.77. The summed E-state index contributed by atoms with van der Waals surface area (Å²) in [5, 5.41) is 18.6. The summed E-state index contributed by atoms with van der Waals surface area (Å²) in [4.78, 5) is 12.8. The summed E-state index contributed by atoms with van der Waals surface area (Å²) in [6, 6.07) is -0.491. The Labute approximate surface area is 84.0 Å². The maximum absolute atomic E-state index is 11.1. The molecule has 0 aromatic heterocycles. The van der Waals surface area contributed by atoms with Gasteiger partial charge in [0.1, 0.15) is 6.04 Å². The first-order valence-electron chi connectivity index (χ1n) is 5.04. The van der Waals surface area contributed by atoms with Crippen LogP contribution >= 0.6 is 0 Å². The van der Waals surface area contributed by atoms with Crippen LogP contribution in [0.2, 0.25) is 6.82 Å². The lowest BCUT2D eigenvalue weighted by atomic mass is 9.81. The van der Waals surface area contributed by atoms with E-state index < -0.39 is 19.1 Å². The Balaban J connectivity index is 2.19. The Hall–Kier alpha value is -0.545. The SMILES string of the molecule is CB(O)N1C[C@H]2[C@@H]([C@H]1C(=O)O)C2(C)C. The van der Waals surface area contributed by atoms with Gasteiger partial charge in [-0.15, -0.1) is 0 Å². The topological polar surface area (TPSA) is 60.8 Å². The highest BCUT2D eigenvalue weighted by Gasteiger charge is 2.69. The number of carbonyl (C=O) groups is 1. The van der Waals surface area contributed by atoms with E-state index in [2.05, 4.69) is 13.8 Å². The molecule has 2 aliphatic rings. The third-order valence-electron chi connectivity index (χ3n) is 3.98. The van der Waals surface area contributed by atoms with E-state index in [-0.39, 0.29) is 11.3 Å². The number of hydrogen-bond donors (Lipinski definition) is 2. The van der Waals surface area contributed by atoms with Crippen LogP contribution in [0, 0.1) is 17.3 Å². The maximum Gasteiger partial charge on any atom is 0.377 e. The Morgan fingerprint density at radius 3 is 2.57 bits per heavy atom. The molecule has 0 unspecified atom stereocenters. The zero-order valence-electron chi connectivity index (χ0n) is 8.77.